The van der Waals surface area contributed by atoms with Crippen LogP contribution in [0.3, 0.4) is 0 Å². The smallest absolute Gasteiger partial charge is 0.547 e. The van der Waals surface area contributed by atoms with E-state index < -0.39 is 12.1 Å². The Morgan fingerprint density at radius 3 is 2.40 bits per heavy atom. The monoisotopic (exact) mass is 172 g/mol. The van der Waals surface area contributed by atoms with E-state index in [2.05, 4.69) is 0 Å². The number of rotatable bonds is 4. The van der Waals surface area contributed by atoms with Crippen LogP contribution in [0.25, 0.3) is 0 Å². The van der Waals surface area contributed by atoms with Crippen LogP contribution in [0.2, 0.25) is 0 Å². The quantitative estimate of drug-likeness (QED) is 0.416. The number of aliphatic carboxylic acids is 1. The molecule has 0 aliphatic heterocycles. The molecule has 0 saturated carbocycles. The number of hydrogen-bond acceptors (Lipinski definition) is 4. The summed E-state index contributed by atoms with van der Waals surface area (Å²) in [5, 5.41) is 26.4. The van der Waals surface area contributed by atoms with E-state index in [1.807, 2.05) is 0 Å². The summed E-state index contributed by atoms with van der Waals surface area (Å²) in [4.78, 5) is 9.76. The topological polar surface area (TPSA) is 80.6 Å². The van der Waals surface area contributed by atoms with Gasteiger partial charge in [-0.25, -0.2) is 0 Å². The molecule has 0 heterocycles. The molecule has 0 fully saturated rings. The number of hydrogen-bond donors (Lipinski definition) is 2. The summed E-state index contributed by atoms with van der Waals surface area (Å²) in [6.07, 6.45) is -1.09. The molecule has 1 atom stereocenters. The van der Waals surface area contributed by atoms with Crippen LogP contribution in [-0.2, 0) is 4.79 Å². The fourth-order valence-corrected chi connectivity index (χ4v) is 0.402. The predicted molar refractivity (Wildman–Crippen MR) is 27.3 cm³/mol. The van der Waals surface area contributed by atoms with Gasteiger partial charge in [0.1, 0.15) is 0 Å². The van der Waals surface area contributed by atoms with Crippen molar-refractivity contribution in [1.29, 1.82) is 0 Å². The third kappa shape index (κ3) is 7.14. The van der Waals surface area contributed by atoms with E-state index in [4.69, 9.17) is 10.2 Å². The fourth-order valence-electron chi connectivity index (χ4n) is 0.402. The van der Waals surface area contributed by atoms with Crippen LogP contribution < -0.4 is 56.5 Å². The number of carbonyl (C=O) groups excluding carboxylic acids is 1. The van der Waals surface area contributed by atoms with E-state index in [-0.39, 0.29) is 70.8 Å². The average Bonchev–Trinajstić information content (AvgIpc) is 1.82. The van der Waals surface area contributed by atoms with Crippen molar-refractivity contribution < 1.29 is 71.5 Å². The minimum atomic E-state index is -1.48. The first-order chi connectivity index (χ1) is 4.18. The van der Waals surface area contributed by atoms with E-state index in [1.54, 1.807) is 0 Å². The Balaban J connectivity index is 0. The number of carbonyl (C=O) groups is 1. The van der Waals surface area contributed by atoms with E-state index in [0.717, 1.165) is 0 Å². The number of aliphatic hydroxyl groups excluding tert-OH is 2. The molecular formula is C5H9KO4. The van der Waals surface area contributed by atoms with E-state index in [1.165, 1.54) is 0 Å². The number of aliphatic hydroxyl groups is 2. The Kier molecular flexibility index (Phi) is 11.1. The second-order valence-corrected chi connectivity index (χ2v) is 1.70. The maximum atomic E-state index is 9.76. The third-order valence-corrected chi connectivity index (χ3v) is 0.908. The zero-order chi connectivity index (χ0) is 7.28. The predicted octanol–water partition coefficient (Wildman–Crippen LogP) is -5.13. The number of carboxylic acid groups (broad SMARTS) is 1. The zero-order valence-electron chi connectivity index (χ0n) is 5.91. The molecule has 10 heavy (non-hydrogen) atoms. The maximum Gasteiger partial charge on any atom is 1.00 e. The first-order valence-electron chi connectivity index (χ1n) is 2.68. The summed E-state index contributed by atoms with van der Waals surface area (Å²) >= 11 is 0. The Labute approximate surface area is 102 Å². The van der Waals surface area contributed by atoms with Gasteiger partial charge in [0, 0.05) is 6.61 Å². The van der Waals surface area contributed by atoms with Gasteiger partial charge in [0.25, 0.3) is 0 Å². The van der Waals surface area contributed by atoms with Crippen LogP contribution in [0.5, 0.6) is 0 Å². The van der Waals surface area contributed by atoms with Gasteiger partial charge in [-0.15, -0.1) is 0 Å². The Hall–Kier alpha value is 1.03. The normalized spacial score (nSPS) is 11.8. The van der Waals surface area contributed by atoms with Gasteiger partial charge in [-0.1, -0.05) is 0 Å². The standard InChI is InChI=1S/C5H10O4.K/c6-3-1-2-4(7)5(8)9;/h4,6-7H,1-3H2,(H,8,9);/q;+1/p-1. The maximum absolute atomic E-state index is 9.76. The summed E-state index contributed by atoms with van der Waals surface area (Å²) in [6.45, 7) is -0.107. The first-order valence-corrected chi connectivity index (χ1v) is 2.68. The van der Waals surface area contributed by atoms with Crippen molar-refractivity contribution in [3.63, 3.8) is 0 Å². The van der Waals surface area contributed by atoms with E-state index in [0.29, 0.717) is 0 Å². The van der Waals surface area contributed by atoms with Gasteiger partial charge in [-0.05, 0) is 12.8 Å². The Morgan fingerprint density at radius 2 is 2.10 bits per heavy atom. The minimum absolute atomic E-state index is 0. The Bertz CT molecular complexity index is 95.6. The van der Waals surface area contributed by atoms with Gasteiger partial charge in [0.15, 0.2) is 0 Å². The summed E-state index contributed by atoms with van der Waals surface area (Å²) in [7, 11) is 0. The van der Waals surface area contributed by atoms with Gasteiger partial charge in [-0.2, -0.15) is 0 Å². The molecule has 0 bridgehead atoms. The molecule has 0 aromatic heterocycles. The zero-order valence-corrected chi connectivity index (χ0v) is 9.03. The average molecular weight is 172 g/mol. The molecule has 0 aliphatic rings. The molecule has 54 valence electrons. The van der Waals surface area contributed by atoms with Gasteiger partial charge < -0.3 is 20.1 Å². The molecule has 0 radical (unpaired) electrons. The van der Waals surface area contributed by atoms with Gasteiger partial charge in [0.2, 0.25) is 0 Å². The van der Waals surface area contributed by atoms with Crippen molar-refractivity contribution in [1.82, 2.24) is 0 Å². The molecule has 0 aromatic carbocycles. The molecule has 5 heteroatoms. The molecule has 0 aliphatic carbocycles. The van der Waals surface area contributed by atoms with Gasteiger partial charge in [0.05, 0.1) is 12.1 Å². The van der Waals surface area contributed by atoms with Crippen molar-refractivity contribution in [3.8, 4) is 0 Å². The first kappa shape index (κ1) is 13.6. The molecule has 1 unspecified atom stereocenters. The summed E-state index contributed by atoms with van der Waals surface area (Å²) in [5.41, 5.74) is 0. The molecule has 0 amide bonds. The van der Waals surface area contributed by atoms with Crippen molar-refractivity contribution in [2.24, 2.45) is 0 Å². The van der Waals surface area contributed by atoms with E-state index in [9.17, 15) is 9.90 Å². The third-order valence-electron chi connectivity index (χ3n) is 0.908. The van der Waals surface area contributed by atoms with Crippen molar-refractivity contribution in [2.45, 2.75) is 18.9 Å². The largest absolute Gasteiger partial charge is 1.00 e. The van der Waals surface area contributed by atoms with Crippen molar-refractivity contribution in [2.75, 3.05) is 6.61 Å². The van der Waals surface area contributed by atoms with Crippen LogP contribution >= 0.6 is 0 Å². The fraction of sp³-hybridized carbons (Fsp3) is 0.800. The van der Waals surface area contributed by atoms with Crippen LogP contribution in [0.15, 0.2) is 0 Å². The van der Waals surface area contributed by atoms with Crippen molar-refractivity contribution in [3.05, 3.63) is 0 Å². The van der Waals surface area contributed by atoms with Crippen LogP contribution in [0.4, 0.5) is 0 Å². The van der Waals surface area contributed by atoms with Gasteiger partial charge in [-0.3, -0.25) is 0 Å². The summed E-state index contributed by atoms with van der Waals surface area (Å²) in [5.74, 6) is -1.48. The second kappa shape index (κ2) is 8.13. The van der Waals surface area contributed by atoms with Gasteiger partial charge >= 0.3 is 51.4 Å². The van der Waals surface area contributed by atoms with Crippen molar-refractivity contribution >= 4 is 5.97 Å². The molecule has 0 saturated heterocycles. The number of carboxylic acids is 1. The van der Waals surface area contributed by atoms with Crippen LogP contribution in [0, 0.1) is 0 Å². The molecule has 2 N–H and O–H groups in total. The minimum Gasteiger partial charge on any atom is -0.547 e. The summed E-state index contributed by atoms with van der Waals surface area (Å²) in [6, 6.07) is 0. The molecule has 0 aromatic rings. The molecular weight excluding hydrogens is 163 g/mol. The molecule has 4 nitrogen and oxygen atoms in total. The SMILES string of the molecule is O=C([O-])C(O)CCCO.[K+]. The van der Waals surface area contributed by atoms with E-state index >= 15 is 0 Å². The van der Waals surface area contributed by atoms with Crippen LogP contribution in [0.1, 0.15) is 12.8 Å². The second-order valence-electron chi connectivity index (χ2n) is 1.70. The molecule has 0 rings (SSSR count). The molecule has 0 spiro atoms. The Morgan fingerprint density at radius 1 is 1.60 bits per heavy atom. The summed E-state index contributed by atoms with van der Waals surface area (Å²) < 4.78 is 0. The van der Waals surface area contributed by atoms with Crippen LogP contribution in [-0.4, -0.2) is 28.9 Å².